The molecule has 3 aromatic heterocycles. The number of phenols is 1. The summed E-state index contributed by atoms with van der Waals surface area (Å²) in [5.74, 6) is 7.07. The van der Waals surface area contributed by atoms with Crippen molar-refractivity contribution in [3.05, 3.63) is 105 Å². The first-order valence-corrected chi connectivity index (χ1v) is 16.7. The highest BCUT2D eigenvalue weighted by Crippen LogP contribution is 2.32. The predicted molar refractivity (Wildman–Crippen MR) is 193 cm³/mol. The zero-order chi connectivity index (χ0) is 34.6. The van der Waals surface area contributed by atoms with E-state index in [0.29, 0.717) is 68.9 Å². The largest absolute Gasteiger partial charge is 0.508 e. The number of halogens is 1. The first-order valence-electron chi connectivity index (χ1n) is 16.4. The van der Waals surface area contributed by atoms with Crippen molar-refractivity contribution in [3.63, 3.8) is 0 Å². The Kier molecular flexibility index (Phi) is 9.42. The van der Waals surface area contributed by atoms with Gasteiger partial charge in [0.25, 0.3) is 5.56 Å². The predicted octanol–water partition coefficient (Wildman–Crippen LogP) is 4.24. The van der Waals surface area contributed by atoms with Crippen molar-refractivity contribution in [1.29, 1.82) is 0 Å². The number of amides is 1. The number of carbonyl (C=O) groups excluding carboxylic acids is 1. The van der Waals surface area contributed by atoms with E-state index in [-0.39, 0.29) is 42.2 Å². The molecule has 13 heteroatoms. The summed E-state index contributed by atoms with van der Waals surface area (Å²) in [7, 11) is 0. The van der Waals surface area contributed by atoms with Crippen LogP contribution in [0.25, 0.3) is 33.2 Å². The Bertz CT molecular complexity index is 2350. The minimum Gasteiger partial charge on any atom is -0.508 e. The molecule has 252 valence electrons. The summed E-state index contributed by atoms with van der Waals surface area (Å²) in [6, 6.07) is 19.6. The molecule has 12 nitrogen and oxygen atoms in total. The maximum absolute atomic E-state index is 14.5. The van der Waals surface area contributed by atoms with E-state index in [1.54, 1.807) is 45.6 Å². The molecule has 0 saturated carbocycles. The quantitative estimate of drug-likeness (QED) is 0.128. The van der Waals surface area contributed by atoms with Gasteiger partial charge in [0.15, 0.2) is 5.65 Å². The number of phenolic OH excluding ortho intramolecular Hbond substituents is 1. The van der Waals surface area contributed by atoms with Crippen molar-refractivity contribution in [2.45, 2.75) is 44.8 Å². The lowest BCUT2D eigenvalue weighted by atomic mass is 10.1. The first-order chi connectivity index (χ1) is 24.4. The van der Waals surface area contributed by atoms with E-state index < -0.39 is 0 Å². The summed E-state index contributed by atoms with van der Waals surface area (Å²) in [5, 5.41) is 22.7. The van der Waals surface area contributed by atoms with Gasteiger partial charge in [-0.2, -0.15) is 5.10 Å². The van der Waals surface area contributed by atoms with Crippen LogP contribution in [0, 0.1) is 11.8 Å². The zero-order valence-corrected chi connectivity index (χ0v) is 27.8. The summed E-state index contributed by atoms with van der Waals surface area (Å²) in [6.45, 7) is 1.94. The fourth-order valence-electron chi connectivity index (χ4n) is 6.20. The lowest BCUT2D eigenvalue weighted by Crippen LogP contribution is -2.35. The Morgan fingerprint density at radius 3 is 2.76 bits per heavy atom. The molecule has 1 saturated heterocycles. The SMILES string of the molecule is Nc1ncnc2c1c(-c1cccc(O)c1)nn2Cc1nc2cccc(C#CCCCC(=O)NC3CCNC3)c2c(=O)n1Cc1ccccc1Cl. The molecule has 7 rings (SSSR count). The normalized spacial score (nSPS) is 14.1. The van der Waals surface area contributed by atoms with Crippen molar-refractivity contribution >= 4 is 45.3 Å². The number of rotatable bonds is 9. The number of hydrogen-bond acceptors (Lipinski definition) is 9. The molecule has 1 unspecified atom stereocenters. The Morgan fingerprint density at radius 2 is 1.94 bits per heavy atom. The maximum Gasteiger partial charge on any atom is 0.263 e. The molecule has 5 N–H and O–H groups in total. The number of nitrogens with zero attached hydrogens (tertiary/aromatic N) is 6. The summed E-state index contributed by atoms with van der Waals surface area (Å²) < 4.78 is 3.22. The van der Waals surface area contributed by atoms with Crippen LogP contribution in [0.3, 0.4) is 0 Å². The summed E-state index contributed by atoms with van der Waals surface area (Å²) in [5.41, 5.74) is 9.38. The van der Waals surface area contributed by atoms with Gasteiger partial charge in [-0.3, -0.25) is 14.2 Å². The molecular weight excluding hydrogens is 654 g/mol. The second kappa shape index (κ2) is 14.4. The Labute approximate surface area is 292 Å². The smallest absolute Gasteiger partial charge is 0.263 e. The van der Waals surface area contributed by atoms with E-state index in [2.05, 4.69) is 32.4 Å². The minimum atomic E-state index is -0.279. The van der Waals surface area contributed by atoms with Crippen LogP contribution in [-0.2, 0) is 17.9 Å². The average molecular weight is 688 g/mol. The molecule has 0 aliphatic carbocycles. The van der Waals surface area contributed by atoms with Gasteiger partial charge in [0.2, 0.25) is 5.91 Å². The van der Waals surface area contributed by atoms with E-state index in [9.17, 15) is 14.7 Å². The van der Waals surface area contributed by atoms with E-state index in [1.165, 1.54) is 6.33 Å². The second-order valence-corrected chi connectivity index (χ2v) is 12.5. The summed E-state index contributed by atoms with van der Waals surface area (Å²) in [4.78, 5) is 40.4. The highest BCUT2D eigenvalue weighted by molar-refractivity contribution is 6.31. The van der Waals surface area contributed by atoms with Gasteiger partial charge in [-0.1, -0.05) is 59.8 Å². The van der Waals surface area contributed by atoms with Gasteiger partial charge in [0.05, 0.1) is 22.8 Å². The minimum absolute atomic E-state index is 0.0259. The van der Waals surface area contributed by atoms with Crippen LogP contribution in [0.1, 0.15) is 42.6 Å². The van der Waals surface area contributed by atoms with Crippen LogP contribution < -0.4 is 21.9 Å². The van der Waals surface area contributed by atoms with Gasteiger partial charge >= 0.3 is 0 Å². The third kappa shape index (κ3) is 6.87. The molecule has 1 atom stereocenters. The van der Waals surface area contributed by atoms with Crippen LogP contribution in [0.2, 0.25) is 5.02 Å². The summed E-state index contributed by atoms with van der Waals surface area (Å²) in [6.07, 6.45) is 3.81. The highest BCUT2D eigenvalue weighted by atomic mass is 35.5. The molecule has 0 radical (unpaired) electrons. The Balaban J connectivity index is 1.26. The molecule has 50 heavy (non-hydrogen) atoms. The molecule has 1 fully saturated rings. The average Bonchev–Trinajstić information content (AvgIpc) is 3.75. The molecule has 0 bridgehead atoms. The van der Waals surface area contributed by atoms with E-state index >= 15 is 0 Å². The number of unbranched alkanes of at least 4 members (excludes halogenated alkanes) is 1. The van der Waals surface area contributed by atoms with Crippen molar-refractivity contribution in [1.82, 2.24) is 39.9 Å². The number of nitrogen functional groups attached to an aromatic ring is 1. The number of anilines is 1. The number of carbonyl (C=O) groups is 1. The zero-order valence-electron chi connectivity index (χ0n) is 27.1. The monoisotopic (exact) mass is 687 g/mol. The molecule has 0 spiro atoms. The van der Waals surface area contributed by atoms with Gasteiger partial charge < -0.3 is 21.5 Å². The van der Waals surface area contributed by atoms with Gasteiger partial charge in [-0.25, -0.2) is 19.6 Å². The van der Waals surface area contributed by atoms with Crippen LogP contribution in [-0.4, -0.2) is 59.4 Å². The lowest BCUT2D eigenvalue weighted by molar-refractivity contribution is -0.121. The number of aromatic nitrogens is 6. The second-order valence-electron chi connectivity index (χ2n) is 12.1. The van der Waals surface area contributed by atoms with Crippen molar-refractivity contribution < 1.29 is 9.90 Å². The Hall–Kier alpha value is -5.77. The third-order valence-electron chi connectivity index (χ3n) is 8.67. The molecule has 6 aromatic rings. The standard InChI is InChI=1S/C37H34ClN9O3/c38-28-13-5-4-9-25(28)20-46-30(21-47-36-33(35(39)41-22-42-36)34(45-47)24-11-6-12-27(48)18-24)44-29-14-7-10-23(32(29)37(46)50)8-2-1-3-15-31(49)43-26-16-17-40-19-26/h4-7,9-14,18,22,26,40,48H,1,3,15-17,19-21H2,(H,43,49)(H2,39,41,42). The van der Waals surface area contributed by atoms with Gasteiger partial charge in [0, 0.05) is 41.6 Å². The highest BCUT2D eigenvalue weighted by Gasteiger charge is 2.21. The molecule has 1 aliphatic rings. The van der Waals surface area contributed by atoms with Crippen molar-refractivity contribution in [2.75, 3.05) is 18.8 Å². The van der Waals surface area contributed by atoms with Crippen molar-refractivity contribution in [3.8, 4) is 28.8 Å². The van der Waals surface area contributed by atoms with Gasteiger partial charge in [-0.15, -0.1) is 0 Å². The fraction of sp³-hybridized carbons (Fsp3) is 0.243. The van der Waals surface area contributed by atoms with Crippen LogP contribution >= 0.6 is 11.6 Å². The van der Waals surface area contributed by atoms with Crippen LogP contribution in [0.4, 0.5) is 5.82 Å². The number of benzene rings is 3. The van der Waals surface area contributed by atoms with E-state index in [4.69, 9.17) is 27.4 Å². The van der Waals surface area contributed by atoms with Gasteiger partial charge in [0.1, 0.15) is 36.0 Å². The molecule has 1 amide bonds. The van der Waals surface area contributed by atoms with E-state index in [1.807, 2.05) is 30.3 Å². The van der Waals surface area contributed by atoms with Crippen LogP contribution in [0.5, 0.6) is 5.75 Å². The number of fused-ring (bicyclic) bond motifs is 2. The van der Waals surface area contributed by atoms with Gasteiger partial charge in [-0.05, 0) is 55.3 Å². The molecular formula is C37H34ClN9O3. The van der Waals surface area contributed by atoms with Crippen molar-refractivity contribution in [2.24, 2.45) is 0 Å². The lowest BCUT2D eigenvalue weighted by Gasteiger charge is -2.15. The molecule has 3 aromatic carbocycles. The topological polar surface area (TPSA) is 166 Å². The Morgan fingerprint density at radius 1 is 1.08 bits per heavy atom. The number of nitrogens with two attached hydrogens (primary N) is 1. The fourth-order valence-corrected chi connectivity index (χ4v) is 6.39. The first kappa shape index (κ1) is 32.8. The molecule has 4 heterocycles. The molecule has 1 aliphatic heterocycles. The number of aromatic hydroxyl groups is 1. The summed E-state index contributed by atoms with van der Waals surface area (Å²) >= 11 is 6.58. The number of hydrogen-bond donors (Lipinski definition) is 4. The van der Waals surface area contributed by atoms with E-state index in [0.717, 1.165) is 25.1 Å². The number of nitrogens with one attached hydrogen (secondary N) is 2. The van der Waals surface area contributed by atoms with Crippen LogP contribution in [0.15, 0.2) is 77.9 Å². The maximum atomic E-state index is 14.5. The third-order valence-corrected chi connectivity index (χ3v) is 9.04.